The van der Waals surface area contributed by atoms with Crippen molar-refractivity contribution in [3.8, 4) is 0 Å². The van der Waals surface area contributed by atoms with Crippen LogP contribution in [0.4, 0.5) is 0 Å². The molecular weight excluding hydrogens is 405 g/mol. The topological polar surface area (TPSA) is 74.7 Å². The molecule has 116 valence electrons. The number of nitrogens with zero attached hydrogens (tertiary/aromatic N) is 1. The van der Waals surface area contributed by atoms with E-state index in [4.69, 9.17) is 23.2 Å². The van der Waals surface area contributed by atoms with Gasteiger partial charge in [-0.15, -0.1) is 0 Å². The maximum atomic E-state index is 12.6. The summed E-state index contributed by atoms with van der Waals surface area (Å²) in [6.07, 6.45) is 0.243. The third-order valence-corrected chi connectivity index (χ3v) is 6.74. The Morgan fingerprint density at radius 1 is 1.38 bits per heavy atom. The van der Waals surface area contributed by atoms with Gasteiger partial charge < -0.3 is 5.11 Å². The second kappa shape index (κ2) is 5.70. The Kier molecular flexibility index (Phi) is 4.62. The van der Waals surface area contributed by atoms with Crippen LogP contribution in [0, 0.1) is 5.41 Å². The first-order valence-electron chi connectivity index (χ1n) is 5.96. The number of aliphatic carboxylic acids is 1. The Hall–Kier alpha value is -0.340. The number of carboxylic acid groups (broad SMARTS) is 1. The molecule has 0 spiro atoms. The Morgan fingerprint density at radius 3 is 2.33 bits per heavy atom. The van der Waals surface area contributed by atoms with Gasteiger partial charge in [0.25, 0.3) is 0 Å². The molecule has 0 amide bonds. The van der Waals surface area contributed by atoms with Crippen molar-refractivity contribution in [2.45, 2.75) is 18.2 Å². The molecule has 1 aromatic carbocycles. The van der Waals surface area contributed by atoms with Crippen LogP contribution in [-0.2, 0) is 14.8 Å². The summed E-state index contributed by atoms with van der Waals surface area (Å²) >= 11 is 15.2. The molecule has 2 rings (SSSR count). The highest BCUT2D eigenvalue weighted by Gasteiger charge is 2.45. The van der Waals surface area contributed by atoms with E-state index in [-0.39, 0.29) is 34.5 Å². The zero-order valence-corrected chi connectivity index (χ0v) is 14.9. The van der Waals surface area contributed by atoms with E-state index in [2.05, 4.69) is 15.9 Å². The lowest BCUT2D eigenvalue weighted by Crippen LogP contribution is -2.35. The van der Waals surface area contributed by atoms with E-state index in [1.165, 1.54) is 19.1 Å². The zero-order chi connectivity index (χ0) is 16.0. The number of sulfonamides is 1. The van der Waals surface area contributed by atoms with Gasteiger partial charge in [0.2, 0.25) is 10.0 Å². The molecule has 1 fully saturated rings. The highest BCUT2D eigenvalue weighted by Crippen LogP contribution is 2.39. The fourth-order valence-electron chi connectivity index (χ4n) is 2.20. The number of carboxylic acids is 1. The van der Waals surface area contributed by atoms with Crippen LogP contribution >= 0.6 is 39.1 Å². The number of hydrogen-bond donors (Lipinski definition) is 1. The second-order valence-electron chi connectivity index (χ2n) is 5.15. The van der Waals surface area contributed by atoms with Crippen LogP contribution in [0.3, 0.4) is 0 Å². The molecule has 1 atom stereocenters. The maximum absolute atomic E-state index is 12.6. The zero-order valence-electron chi connectivity index (χ0n) is 10.9. The molecule has 1 N–H and O–H groups in total. The summed E-state index contributed by atoms with van der Waals surface area (Å²) in [6.45, 7) is 1.54. The van der Waals surface area contributed by atoms with Crippen LogP contribution in [-0.4, -0.2) is 36.9 Å². The minimum Gasteiger partial charge on any atom is -0.481 e. The molecule has 0 radical (unpaired) electrons. The lowest BCUT2D eigenvalue weighted by molar-refractivity contribution is -0.146. The van der Waals surface area contributed by atoms with Gasteiger partial charge in [-0.2, -0.15) is 4.31 Å². The van der Waals surface area contributed by atoms with Gasteiger partial charge in [0.05, 0.1) is 15.5 Å². The van der Waals surface area contributed by atoms with E-state index < -0.39 is 21.4 Å². The van der Waals surface area contributed by atoms with E-state index in [1.807, 2.05) is 0 Å². The van der Waals surface area contributed by atoms with Crippen LogP contribution in [0.2, 0.25) is 10.0 Å². The average molecular weight is 417 g/mol. The number of carbonyl (C=O) groups is 1. The third kappa shape index (κ3) is 3.07. The molecule has 5 nitrogen and oxygen atoms in total. The van der Waals surface area contributed by atoms with Crippen LogP contribution in [0.25, 0.3) is 0 Å². The molecule has 1 aliphatic rings. The molecular formula is C12H12BrCl2NO4S. The van der Waals surface area contributed by atoms with Crippen molar-refractivity contribution in [1.82, 2.24) is 4.31 Å². The summed E-state index contributed by atoms with van der Waals surface area (Å²) in [6, 6.07) is 2.87. The van der Waals surface area contributed by atoms with Crippen molar-refractivity contribution in [2.75, 3.05) is 13.1 Å². The standard InChI is InChI=1S/C12H12BrCl2NO4S/c1-12(11(17)18)2-3-16(6-12)21(19,20)10-8(14)4-7(13)5-9(10)15/h4-5H,2-3,6H2,1H3,(H,17,18). The number of rotatable bonds is 3. The van der Waals surface area contributed by atoms with Crippen molar-refractivity contribution < 1.29 is 18.3 Å². The molecule has 0 aliphatic carbocycles. The van der Waals surface area contributed by atoms with Crippen LogP contribution in [0.1, 0.15) is 13.3 Å². The third-order valence-electron chi connectivity index (χ3n) is 3.52. The van der Waals surface area contributed by atoms with Crippen LogP contribution in [0.5, 0.6) is 0 Å². The monoisotopic (exact) mass is 415 g/mol. The summed E-state index contributed by atoms with van der Waals surface area (Å²) < 4.78 is 27.0. The van der Waals surface area contributed by atoms with Crippen molar-refractivity contribution in [2.24, 2.45) is 5.41 Å². The molecule has 21 heavy (non-hydrogen) atoms. The maximum Gasteiger partial charge on any atom is 0.310 e. The first-order valence-corrected chi connectivity index (χ1v) is 8.95. The van der Waals surface area contributed by atoms with E-state index in [0.29, 0.717) is 4.47 Å². The SMILES string of the molecule is CC1(C(=O)O)CCN(S(=O)(=O)c2c(Cl)cc(Br)cc2Cl)C1. The second-order valence-corrected chi connectivity index (χ2v) is 8.76. The Balaban J connectivity index is 2.44. The van der Waals surface area contributed by atoms with Crippen molar-refractivity contribution in [3.05, 3.63) is 26.7 Å². The number of hydrogen-bond acceptors (Lipinski definition) is 3. The first kappa shape index (κ1) is 17.0. The van der Waals surface area contributed by atoms with Gasteiger partial charge in [0.1, 0.15) is 4.90 Å². The average Bonchev–Trinajstić information content (AvgIpc) is 2.72. The molecule has 1 heterocycles. The largest absolute Gasteiger partial charge is 0.481 e. The van der Waals surface area contributed by atoms with E-state index in [0.717, 1.165) is 4.31 Å². The minimum atomic E-state index is -3.94. The van der Waals surface area contributed by atoms with Crippen molar-refractivity contribution in [3.63, 3.8) is 0 Å². The van der Waals surface area contributed by atoms with Gasteiger partial charge in [-0.3, -0.25) is 4.79 Å². The molecule has 9 heteroatoms. The Morgan fingerprint density at radius 2 is 1.90 bits per heavy atom. The van der Waals surface area contributed by atoms with Gasteiger partial charge in [0, 0.05) is 17.6 Å². The number of halogens is 3. The van der Waals surface area contributed by atoms with E-state index >= 15 is 0 Å². The summed E-state index contributed by atoms with van der Waals surface area (Å²) in [5.74, 6) is -1.02. The van der Waals surface area contributed by atoms with Gasteiger partial charge in [-0.25, -0.2) is 8.42 Å². The van der Waals surface area contributed by atoms with Gasteiger partial charge in [0.15, 0.2) is 0 Å². The van der Waals surface area contributed by atoms with E-state index in [1.54, 1.807) is 0 Å². The van der Waals surface area contributed by atoms with Gasteiger partial charge in [-0.1, -0.05) is 39.1 Å². The molecule has 0 bridgehead atoms. The predicted octanol–water partition coefficient (Wildman–Crippen LogP) is 3.24. The normalized spacial score (nSPS) is 23.4. The Labute approximate surface area is 141 Å². The quantitative estimate of drug-likeness (QED) is 0.820. The fourth-order valence-corrected chi connectivity index (χ4v) is 5.65. The summed E-state index contributed by atoms with van der Waals surface area (Å²) in [5.41, 5.74) is -1.10. The number of benzene rings is 1. The van der Waals surface area contributed by atoms with E-state index in [9.17, 15) is 18.3 Å². The molecule has 1 unspecified atom stereocenters. The summed E-state index contributed by atoms with van der Waals surface area (Å²) in [4.78, 5) is 11.0. The lowest BCUT2D eigenvalue weighted by Gasteiger charge is -2.21. The minimum absolute atomic E-state index is 0.00157. The molecule has 1 saturated heterocycles. The molecule has 0 aromatic heterocycles. The highest BCUT2D eigenvalue weighted by atomic mass is 79.9. The van der Waals surface area contributed by atoms with Crippen LogP contribution in [0.15, 0.2) is 21.5 Å². The predicted molar refractivity (Wildman–Crippen MR) is 83.3 cm³/mol. The molecule has 1 aromatic rings. The van der Waals surface area contributed by atoms with Crippen molar-refractivity contribution >= 4 is 55.1 Å². The fraction of sp³-hybridized carbons (Fsp3) is 0.417. The highest BCUT2D eigenvalue weighted by molar-refractivity contribution is 9.10. The van der Waals surface area contributed by atoms with Crippen molar-refractivity contribution in [1.29, 1.82) is 0 Å². The Bertz CT molecular complexity index is 686. The summed E-state index contributed by atoms with van der Waals surface area (Å²) in [7, 11) is -3.94. The summed E-state index contributed by atoms with van der Waals surface area (Å²) in [5, 5.41) is 9.19. The first-order chi connectivity index (χ1) is 9.58. The van der Waals surface area contributed by atoms with Gasteiger partial charge in [-0.05, 0) is 25.5 Å². The smallest absolute Gasteiger partial charge is 0.310 e. The lowest BCUT2D eigenvalue weighted by atomic mass is 9.90. The molecule has 0 saturated carbocycles. The molecule has 1 aliphatic heterocycles. The van der Waals surface area contributed by atoms with Gasteiger partial charge >= 0.3 is 5.97 Å². The van der Waals surface area contributed by atoms with Crippen LogP contribution < -0.4 is 0 Å².